The molecule has 4 heteroatoms. The number of carbonyl (C=O) groups excluding carboxylic acids is 1. The van der Waals surface area contributed by atoms with Crippen LogP contribution < -0.4 is 10.5 Å². The van der Waals surface area contributed by atoms with Crippen molar-refractivity contribution in [2.45, 2.75) is 31.7 Å². The Balaban J connectivity index is 1.83. The Morgan fingerprint density at radius 3 is 3.16 bits per heavy atom. The van der Waals surface area contributed by atoms with E-state index in [1.807, 2.05) is 12.1 Å². The standard InChI is InChI=1S/C15H21NO3/c1-18-8-7-13(16)14(17)4-2-11-3-5-15-12(10-11)6-9-19-15/h3,5,10,13H,2,4,6-9,16H2,1H3. The molecular formula is C15H21NO3. The molecule has 0 aromatic heterocycles. The van der Waals surface area contributed by atoms with Crippen molar-refractivity contribution in [3.05, 3.63) is 29.3 Å². The van der Waals surface area contributed by atoms with Crippen LogP contribution in [0.3, 0.4) is 0 Å². The van der Waals surface area contributed by atoms with E-state index < -0.39 is 6.04 Å². The summed E-state index contributed by atoms with van der Waals surface area (Å²) in [7, 11) is 1.61. The van der Waals surface area contributed by atoms with Crippen LogP contribution in [0, 0.1) is 0 Å². The molecule has 1 aromatic rings. The topological polar surface area (TPSA) is 61.5 Å². The largest absolute Gasteiger partial charge is 0.493 e. The lowest BCUT2D eigenvalue weighted by Gasteiger charge is -2.10. The van der Waals surface area contributed by atoms with Gasteiger partial charge in [-0.05, 0) is 30.0 Å². The van der Waals surface area contributed by atoms with Crippen molar-refractivity contribution in [1.29, 1.82) is 0 Å². The van der Waals surface area contributed by atoms with E-state index in [9.17, 15) is 4.79 Å². The number of nitrogens with two attached hydrogens (primary N) is 1. The van der Waals surface area contributed by atoms with Gasteiger partial charge in [0.2, 0.25) is 0 Å². The maximum atomic E-state index is 11.9. The van der Waals surface area contributed by atoms with Gasteiger partial charge in [0.1, 0.15) is 11.5 Å². The summed E-state index contributed by atoms with van der Waals surface area (Å²) in [5, 5.41) is 0. The molecule has 19 heavy (non-hydrogen) atoms. The summed E-state index contributed by atoms with van der Waals surface area (Å²) >= 11 is 0. The van der Waals surface area contributed by atoms with E-state index in [0.29, 0.717) is 19.4 Å². The van der Waals surface area contributed by atoms with Crippen molar-refractivity contribution in [3.63, 3.8) is 0 Å². The van der Waals surface area contributed by atoms with E-state index in [-0.39, 0.29) is 5.78 Å². The lowest BCUT2D eigenvalue weighted by Crippen LogP contribution is -2.31. The Hall–Kier alpha value is -1.39. The Bertz CT molecular complexity index is 445. The summed E-state index contributed by atoms with van der Waals surface area (Å²) in [5.41, 5.74) is 8.23. The van der Waals surface area contributed by atoms with Crippen LogP contribution in [0.5, 0.6) is 5.75 Å². The van der Waals surface area contributed by atoms with Crippen molar-refractivity contribution >= 4 is 5.78 Å². The zero-order valence-corrected chi connectivity index (χ0v) is 11.4. The number of methoxy groups -OCH3 is 1. The molecule has 0 radical (unpaired) electrons. The van der Waals surface area contributed by atoms with Crippen LogP contribution >= 0.6 is 0 Å². The Morgan fingerprint density at radius 2 is 2.37 bits per heavy atom. The van der Waals surface area contributed by atoms with E-state index in [1.54, 1.807) is 7.11 Å². The summed E-state index contributed by atoms with van der Waals surface area (Å²) in [5.74, 6) is 1.08. The summed E-state index contributed by atoms with van der Waals surface area (Å²) in [4.78, 5) is 11.9. The molecule has 104 valence electrons. The molecule has 1 aromatic carbocycles. The number of rotatable bonds is 7. The highest BCUT2D eigenvalue weighted by atomic mass is 16.5. The van der Waals surface area contributed by atoms with Gasteiger partial charge in [0.25, 0.3) is 0 Å². The first-order chi connectivity index (χ1) is 9.20. The second-order valence-corrected chi connectivity index (χ2v) is 4.89. The maximum Gasteiger partial charge on any atom is 0.149 e. The third kappa shape index (κ3) is 3.78. The monoisotopic (exact) mass is 263 g/mol. The normalized spacial score (nSPS) is 14.8. The molecule has 0 saturated heterocycles. The fourth-order valence-corrected chi connectivity index (χ4v) is 2.25. The number of hydrogen-bond donors (Lipinski definition) is 1. The van der Waals surface area contributed by atoms with E-state index in [2.05, 4.69) is 6.07 Å². The number of aryl methyl sites for hydroxylation is 1. The average molecular weight is 263 g/mol. The fourth-order valence-electron chi connectivity index (χ4n) is 2.25. The highest BCUT2D eigenvalue weighted by Crippen LogP contribution is 2.26. The molecule has 0 spiro atoms. The van der Waals surface area contributed by atoms with Gasteiger partial charge in [0.15, 0.2) is 0 Å². The summed E-state index contributed by atoms with van der Waals surface area (Å²) in [6.45, 7) is 1.29. The summed E-state index contributed by atoms with van der Waals surface area (Å²) < 4.78 is 10.4. The number of carbonyl (C=O) groups is 1. The quantitative estimate of drug-likeness (QED) is 0.809. The number of Topliss-reactive ketones (excluding diaryl/α,β-unsaturated/α-hetero) is 1. The van der Waals surface area contributed by atoms with Gasteiger partial charge in [-0.2, -0.15) is 0 Å². The van der Waals surface area contributed by atoms with Crippen molar-refractivity contribution in [1.82, 2.24) is 0 Å². The SMILES string of the molecule is COCCC(N)C(=O)CCc1ccc2c(c1)CCO2. The number of hydrogen-bond acceptors (Lipinski definition) is 4. The molecule has 0 bridgehead atoms. The van der Waals surface area contributed by atoms with Gasteiger partial charge in [0.05, 0.1) is 12.6 Å². The van der Waals surface area contributed by atoms with Crippen molar-refractivity contribution in [2.75, 3.05) is 20.3 Å². The van der Waals surface area contributed by atoms with Crippen LogP contribution in [-0.4, -0.2) is 32.1 Å². The number of fused-ring (bicyclic) bond motifs is 1. The zero-order chi connectivity index (χ0) is 13.7. The first kappa shape index (κ1) is 14.0. The first-order valence-corrected chi connectivity index (χ1v) is 6.72. The molecule has 4 nitrogen and oxygen atoms in total. The van der Waals surface area contributed by atoms with Crippen LogP contribution in [-0.2, 0) is 22.4 Å². The zero-order valence-electron chi connectivity index (χ0n) is 11.4. The minimum Gasteiger partial charge on any atom is -0.493 e. The molecule has 1 aliphatic rings. The third-order valence-electron chi connectivity index (χ3n) is 3.46. The average Bonchev–Trinajstić information content (AvgIpc) is 2.89. The molecular weight excluding hydrogens is 242 g/mol. The van der Waals surface area contributed by atoms with Crippen molar-refractivity contribution in [2.24, 2.45) is 5.73 Å². The predicted octanol–water partition coefficient (Wildman–Crippen LogP) is 1.49. The van der Waals surface area contributed by atoms with E-state index >= 15 is 0 Å². The number of ether oxygens (including phenoxy) is 2. The Kier molecular flexibility index (Phi) is 4.93. The third-order valence-corrected chi connectivity index (χ3v) is 3.46. The van der Waals surface area contributed by atoms with Crippen LogP contribution in [0.1, 0.15) is 24.0 Å². The highest BCUT2D eigenvalue weighted by molar-refractivity contribution is 5.83. The Morgan fingerprint density at radius 1 is 1.53 bits per heavy atom. The maximum absolute atomic E-state index is 11.9. The van der Waals surface area contributed by atoms with Gasteiger partial charge >= 0.3 is 0 Å². The second kappa shape index (κ2) is 6.68. The molecule has 1 heterocycles. The van der Waals surface area contributed by atoms with Gasteiger partial charge in [-0.3, -0.25) is 4.79 Å². The minimum absolute atomic E-state index is 0.105. The van der Waals surface area contributed by atoms with Crippen LogP contribution in [0.2, 0.25) is 0 Å². The lowest BCUT2D eigenvalue weighted by atomic mass is 10.0. The van der Waals surface area contributed by atoms with Crippen LogP contribution in [0.15, 0.2) is 18.2 Å². The summed E-state index contributed by atoms with van der Waals surface area (Å²) in [6.07, 6.45) is 2.79. The Labute approximate surface area is 113 Å². The molecule has 2 rings (SSSR count). The first-order valence-electron chi connectivity index (χ1n) is 6.72. The van der Waals surface area contributed by atoms with Gasteiger partial charge in [-0.1, -0.05) is 12.1 Å². The van der Waals surface area contributed by atoms with Crippen molar-refractivity contribution in [3.8, 4) is 5.75 Å². The van der Waals surface area contributed by atoms with Crippen molar-refractivity contribution < 1.29 is 14.3 Å². The second-order valence-electron chi connectivity index (χ2n) is 4.89. The van der Waals surface area contributed by atoms with Gasteiger partial charge < -0.3 is 15.2 Å². The molecule has 0 aliphatic carbocycles. The molecule has 1 unspecified atom stereocenters. The number of benzene rings is 1. The minimum atomic E-state index is -0.405. The highest BCUT2D eigenvalue weighted by Gasteiger charge is 2.15. The fraction of sp³-hybridized carbons (Fsp3) is 0.533. The van der Waals surface area contributed by atoms with E-state index in [4.69, 9.17) is 15.2 Å². The molecule has 1 aliphatic heterocycles. The molecule has 1 atom stereocenters. The molecule has 2 N–H and O–H groups in total. The van der Waals surface area contributed by atoms with Crippen LogP contribution in [0.4, 0.5) is 0 Å². The van der Waals surface area contributed by atoms with Gasteiger partial charge in [0, 0.05) is 26.6 Å². The lowest BCUT2D eigenvalue weighted by molar-refractivity contribution is -0.120. The van der Waals surface area contributed by atoms with Gasteiger partial charge in [-0.15, -0.1) is 0 Å². The summed E-state index contributed by atoms with van der Waals surface area (Å²) in [6, 6.07) is 5.75. The predicted molar refractivity (Wildman–Crippen MR) is 73.4 cm³/mol. The molecule has 0 saturated carbocycles. The molecule has 0 fully saturated rings. The van der Waals surface area contributed by atoms with E-state index in [1.165, 1.54) is 11.1 Å². The van der Waals surface area contributed by atoms with Crippen LogP contribution in [0.25, 0.3) is 0 Å². The molecule has 0 amide bonds. The van der Waals surface area contributed by atoms with Gasteiger partial charge in [-0.25, -0.2) is 0 Å². The van der Waals surface area contributed by atoms with E-state index in [0.717, 1.165) is 25.2 Å². The smallest absolute Gasteiger partial charge is 0.149 e. The number of ketones is 1.